The van der Waals surface area contributed by atoms with E-state index in [-0.39, 0.29) is 27.9 Å². The Labute approximate surface area is 231 Å². The molecule has 1 N–H and O–H groups in total. The number of thiazole rings is 1. The van der Waals surface area contributed by atoms with Crippen LogP contribution in [0.3, 0.4) is 0 Å². The van der Waals surface area contributed by atoms with E-state index in [1.54, 1.807) is 44.2 Å². The lowest BCUT2D eigenvalue weighted by atomic mass is 9.95. The van der Waals surface area contributed by atoms with Gasteiger partial charge in [-0.3, -0.25) is 14.5 Å². The van der Waals surface area contributed by atoms with Gasteiger partial charge in [0.15, 0.2) is 5.13 Å². The average Bonchev–Trinajstić information content (AvgIpc) is 3.41. The number of benzene rings is 2. The molecule has 204 valence electrons. The third kappa shape index (κ3) is 5.88. The number of rotatable bonds is 9. The van der Waals surface area contributed by atoms with E-state index in [4.69, 9.17) is 9.47 Å². The number of nitrogens with zero attached hydrogens (tertiary/aromatic N) is 2. The lowest BCUT2D eigenvalue weighted by molar-refractivity contribution is -0.132. The third-order valence-electron chi connectivity index (χ3n) is 6.36. The molecule has 1 aliphatic heterocycles. The molecule has 0 saturated carbocycles. The summed E-state index contributed by atoms with van der Waals surface area (Å²) in [5, 5.41) is 11.5. The van der Waals surface area contributed by atoms with Crippen LogP contribution >= 0.6 is 11.3 Å². The van der Waals surface area contributed by atoms with E-state index < -0.39 is 23.7 Å². The first kappa shape index (κ1) is 28.0. The number of carbonyl (C=O) groups excluding carboxylic acids is 3. The number of anilines is 1. The van der Waals surface area contributed by atoms with Crippen molar-refractivity contribution in [2.75, 3.05) is 18.1 Å². The zero-order chi connectivity index (χ0) is 28.3. The van der Waals surface area contributed by atoms with Gasteiger partial charge in [0.05, 0.1) is 30.5 Å². The molecule has 1 saturated heterocycles. The van der Waals surface area contributed by atoms with Crippen molar-refractivity contribution in [3.63, 3.8) is 0 Å². The molecule has 0 bridgehead atoms. The fourth-order valence-corrected chi connectivity index (χ4v) is 5.26. The minimum Gasteiger partial charge on any atom is -0.507 e. The van der Waals surface area contributed by atoms with Gasteiger partial charge in [0, 0.05) is 5.56 Å². The van der Waals surface area contributed by atoms with Crippen molar-refractivity contribution in [2.45, 2.75) is 47.1 Å². The van der Waals surface area contributed by atoms with Gasteiger partial charge in [0.2, 0.25) is 0 Å². The predicted molar refractivity (Wildman–Crippen MR) is 150 cm³/mol. The number of esters is 1. The maximum Gasteiger partial charge on any atom is 0.350 e. The van der Waals surface area contributed by atoms with Crippen LogP contribution in [0.5, 0.6) is 5.75 Å². The molecule has 0 aliphatic carbocycles. The summed E-state index contributed by atoms with van der Waals surface area (Å²) in [6, 6.07) is 13.2. The summed E-state index contributed by atoms with van der Waals surface area (Å²) in [6.45, 7) is 10.2. The van der Waals surface area contributed by atoms with Gasteiger partial charge in [-0.2, -0.15) is 0 Å². The lowest BCUT2D eigenvalue weighted by Crippen LogP contribution is -2.29. The highest BCUT2D eigenvalue weighted by Gasteiger charge is 2.48. The van der Waals surface area contributed by atoms with E-state index in [2.05, 4.69) is 18.8 Å². The van der Waals surface area contributed by atoms with E-state index >= 15 is 0 Å². The molecule has 8 nitrogen and oxygen atoms in total. The van der Waals surface area contributed by atoms with Crippen LogP contribution in [0.15, 0.2) is 54.1 Å². The molecule has 1 amide bonds. The smallest absolute Gasteiger partial charge is 0.350 e. The Bertz CT molecular complexity index is 1420. The van der Waals surface area contributed by atoms with Crippen molar-refractivity contribution < 1.29 is 29.0 Å². The van der Waals surface area contributed by atoms with Crippen LogP contribution in [-0.2, 0) is 14.3 Å². The summed E-state index contributed by atoms with van der Waals surface area (Å²) < 4.78 is 11.1. The van der Waals surface area contributed by atoms with E-state index in [9.17, 15) is 19.5 Å². The van der Waals surface area contributed by atoms with E-state index in [1.165, 1.54) is 4.90 Å². The highest BCUT2D eigenvalue weighted by molar-refractivity contribution is 7.17. The Kier molecular flexibility index (Phi) is 8.50. The van der Waals surface area contributed by atoms with Crippen molar-refractivity contribution in [1.29, 1.82) is 0 Å². The number of hydrogen-bond acceptors (Lipinski definition) is 8. The third-order valence-corrected chi connectivity index (χ3v) is 7.50. The molecule has 4 rings (SSSR count). The van der Waals surface area contributed by atoms with E-state index in [0.717, 1.165) is 23.3 Å². The largest absolute Gasteiger partial charge is 0.507 e. The normalized spacial score (nSPS) is 16.7. The highest BCUT2D eigenvalue weighted by Crippen LogP contribution is 2.44. The maximum atomic E-state index is 13.5. The molecule has 1 atom stereocenters. The Morgan fingerprint density at radius 3 is 2.51 bits per heavy atom. The minimum atomic E-state index is -0.986. The van der Waals surface area contributed by atoms with Crippen molar-refractivity contribution in [1.82, 2.24) is 4.98 Å². The molecular formula is C30H32N2O6S. The summed E-state index contributed by atoms with van der Waals surface area (Å²) >= 11 is 0.974. The van der Waals surface area contributed by atoms with E-state index in [1.807, 2.05) is 25.1 Å². The van der Waals surface area contributed by atoms with Gasteiger partial charge in [0.25, 0.3) is 5.78 Å². The summed E-state index contributed by atoms with van der Waals surface area (Å²) in [7, 11) is 0. The monoisotopic (exact) mass is 548 g/mol. The van der Waals surface area contributed by atoms with Crippen molar-refractivity contribution in [3.05, 3.63) is 81.4 Å². The summed E-state index contributed by atoms with van der Waals surface area (Å²) in [4.78, 5) is 45.4. The van der Waals surface area contributed by atoms with Crippen LogP contribution in [-0.4, -0.2) is 41.0 Å². The number of aliphatic hydroxyl groups excluding tert-OH is 1. The molecule has 1 unspecified atom stereocenters. The van der Waals surface area contributed by atoms with Gasteiger partial charge < -0.3 is 14.6 Å². The number of amides is 1. The molecule has 0 radical (unpaired) electrons. The van der Waals surface area contributed by atoms with Crippen LogP contribution in [0.2, 0.25) is 0 Å². The Balaban J connectivity index is 1.85. The Morgan fingerprint density at radius 1 is 1.13 bits per heavy atom. The molecule has 1 aromatic heterocycles. The van der Waals surface area contributed by atoms with Gasteiger partial charge >= 0.3 is 11.9 Å². The second kappa shape index (κ2) is 11.8. The SMILES string of the molecule is CCOC(=O)c1sc(N2C(=O)C(=O)C(=C(O)c3ccc(C)cc3)C2c2cccc(OCCC(C)C)c2)nc1C. The van der Waals surface area contributed by atoms with Crippen molar-refractivity contribution >= 4 is 39.9 Å². The first-order chi connectivity index (χ1) is 18.6. The number of ether oxygens (including phenoxy) is 2. The second-order valence-electron chi connectivity index (χ2n) is 9.77. The number of carbonyl (C=O) groups is 3. The minimum absolute atomic E-state index is 0.0614. The standard InChI is InChI=1S/C30H32N2O6S/c1-6-37-29(36)27-19(5)31-30(39-27)32-24(21-8-7-9-22(16-21)38-15-14-17(2)3)23(26(34)28(32)35)25(33)20-12-10-18(4)11-13-20/h7-13,16-17,24,33H,6,14-15H2,1-5H3. The fourth-order valence-electron chi connectivity index (χ4n) is 4.27. The number of aromatic nitrogens is 1. The van der Waals surface area contributed by atoms with Crippen LogP contribution in [0.4, 0.5) is 5.13 Å². The number of aliphatic hydroxyl groups is 1. The number of aryl methyl sites for hydroxylation is 2. The topological polar surface area (TPSA) is 106 Å². The molecular weight excluding hydrogens is 516 g/mol. The van der Waals surface area contributed by atoms with Gasteiger partial charge in [-0.15, -0.1) is 0 Å². The zero-order valence-corrected chi connectivity index (χ0v) is 23.5. The molecule has 2 heterocycles. The van der Waals surface area contributed by atoms with Crippen LogP contribution in [0.1, 0.15) is 65.3 Å². The Hall–Kier alpha value is -3.98. The van der Waals surface area contributed by atoms with Crippen LogP contribution in [0, 0.1) is 19.8 Å². The molecule has 2 aromatic carbocycles. The first-order valence-electron chi connectivity index (χ1n) is 12.9. The molecule has 1 fully saturated rings. The number of hydrogen-bond donors (Lipinski definition) is 1. The average molecular weight is 549 g/mol. The second-order valence-corrected chi connectivity index (χ2v) is 10.7. The van der Waals surface area contributed by atoms with Gasteiger partial charge in [-0.05, 0) is 50.8 Å². The van der Waals surface area contributed by atoms with Crippen molar-refractivity contribution in [2.24, 2.45) is 5.92 Å². The predicted octanol–water partition coefficient (Wildman–Crippen LogP) is 5.99. The molecule has 39 heavy (non-hydrogen) atoms. The molecule has 3 aromatic rings. The Morgan fingerprint density at radius 2 is 1.85 bits per heavy atom. The lowest BCUT2D eigenvalue weighted by Gasteiger charge is -2.23. The number of ketones is 1. The van der Waals surface area contributed by atoms with Crippen LogP contribution in [0.25, 0.3) is 5.76 Å². The van der Waals surface area contributed by atoms with Crippen LogP contribution < -0.4 is 9.64 Å². The van der Waals surface area contributed by atoms with Gasteiger partial charge in [-0.25, -0.2) is 9.78 Å². The summed E-state index contributed by atoms with van der Waals surface area (Å²) in [6.07, 6.45) is 0.866. The van der Waals surface area contributed by atoms with Crippen molar-refractivity contribution in [3.8, 4) is 5.75 Å². The fraction of sp³-hybridized carbons (Fsp3) is 0.333. The molecule has 1 aliphatic rings. The van der Waals surface area contributed by atoms with E-state index in [0.29, 0.717) is 35.1 Å². The first-order valence-corrected chi connectivity index (χ1v) is 13.7. The van der Waals surface area contributed by atoms with Gasteiger partial charge in [-0.1, -0.05) is 67.1 Å². The summed E-state index contributed by atoms with van der Waals surface area (Å²) in [5.74, 6) is -1.47. The number of Topliss-reactive ketones (excluding diaryl/α,β-unsaturated/α-hetero) is 1. The zero-order valence-electron chi connectivity index (χ0n) is 22.7. The molecule has 9 heteroatoms. The van der Waals surface area contributed by atoms with Gasteiger partial charge in [0.1, 0.15) is 16.4 Å². The quantitative estimate of drug-likeness (QED) is 0.152. The molecule has 0 spiro atoms. The maximum absolute atomic E-state index is 13.5. The summed E-state index contributed by atoms with van der Waals surface area (Å²) in [5.41, 5.74) is 2.29. The highest BCUT2D eigenvalue weighted by atomic mass is 32.1.